The topological polar surface area (TPSA) is 54.4 Å². The van der Waals surface area contributed by atoms with Crippen molar-refractivity contribution in [3.63, 3.8) is 0 Å². The summed E-state index contributed by atoms with van der Waals surface area (Å²) >= 11 is 0. The van der Waals surface area contributed by atoms with Crippen molar-refractivity contribution in [2.24, 2.45) is 0 Å². The Hall–Kier alpha value is -1.91. The number of hydrogen-bond donors (Lipinski definition) is 2. The quantitative estimate of drug-likeness (QED) is 0.820. The monoisotopic (exact) mass is 284 g/mol. The van der Waals surface area contributed by atoms with Gasteiger partial charge in [0.05, 0.1) is 18.5 Å². The maximum absolute atomic E-state index is 9.00. The van der Waals surface area contributed by atoms with E-state index in [1.165, 1.54) is 12.8 Å². The van der Waals surface area contributed by atoms with Crippen LogP contribution in [0, 0.1) is 0 Å². The van der Waals surface area contributed by atoms with E-state index in [-0.39, 0.29) is 6.61 Å². The highest BCUT2D eigenvalue weighted by atomic mass is 16.5. The molecular weight excluding hydrogens is 264 g/mol. The predicted molar refractivity (Wildman–Crippen MR) is 80.8 cm³/mol. The van der Waals surface area contributed by atoms with Crippen LogP contribution in [0.4, 0.5) is 0 Å². The molecule has 1 saturated carbocycles. The highest BCUT2D eigenvalue weighted by molar-refractivity contribution is 5.23. The third-order valence-corrected chi connectivity index (χ3v) is 3.56. The highest BCUT2D eigenvalue weighted by Gasteiger charge is 2.19. The van der Waals surface area contributed by atoms with Crippen LogP contribution in [0.25, 0.3) is 0 Å². The lowest BCUT2D eigenvalue weighted by Gasteiger charge is -2.08. The second-order valence-corrected chi connectivity index (χ2v) is 5.40. The normalized spacial score (nSPS) is 14.1. The molecule has 1 heterocycles. The fourth-order valence-electron chi connectivity index (χ4n) is 2.04. The fourth-order valence-corrected chi connectivity index (χ4v) is 2.04. The number of benzene rings is 1. The summed E-state index contributed by atoms with van der Waals surface area (Å²) in [5.74, 6) is 0.774. The summed E-state index contributed by atoms with van der Waals surface area (Å²) in [5, 5.41) is 12.4. The average molecular weight is 284 g/mol. The van der Waals surface area contributed by atoms with Crippen molar-refractivity contribution in [3.8, 4) is 5.75 Å². The molecule has 0 radical (unpaired) electrons. The zero-order chi connectivity index (χ0) is 14.5. The number of nitrogens with zero attached hydrogens (tertiary/aromatic N) is 1. The Morgan fingerprint density at radius 3 is 2.48 bits per heavy atom. The zero-order valence-electron chi connectivity index (χ0n) is 12.0. The van der Waals surface area contributed by atoms with E-state index < -0.39 is 0 Å². The van der Waals surface area contributed by atoms with Gasteiger partial charge in [0, 0.05) is 12.6 Å². The smallest absolute Gasteiger partial charge is 0.138 e. The van der Waals surface area contributed by atoms with Crippen molar-refractivity contribution in [2.45, 2.75) is 38.6 Å². The van der Waals surface area contributed by atoms with E-state index in [2.05, 4.69) is 10.3 Å². The van der Waals surface area contributed by atoms with Gasteiger partial charge in [-0.1, -0.05) is 24.3 Å². The van der Waals surface area contributed by atoms with Crippen LogP contribution in [0.1, 0.15) is 29.7 Å². The van der Waals surface area contributed by atoms with Crippen LogP contribution in [0.15, 0.2) is 42.6 Å². The first-order valence-electron chi connectivity index (χ1n) is 7.33. The van der Waals surface area contributed by atoms with Gasteiger partial charge in [0.25, 0.3) is 0 Å². The summed E-state index contributed by atoms with van der Waals surface area (Å²) in [4.78, 5) is 4.40. The molecule has 0 aliphatic heterocycles. The molecule has 0 amide bonds. The number of rotatable bonds is 7. The first-order valence-corrected chi connectivity index (χ1v) is 7.33. The Bertz CT molecular complexity index is 562. The van der Waals surface area contributed by atoms with Gasteiger partial charge in [0.15, 0.2) is 0 Å². The molecule has 1 fully saturated rings. The van der Waals surface area contributed by atoms with E-state index in [4.69, 9.17) is 9.84 Å². The first-order chi connectivity index (χ1) is 10.3. The molecule has 0 unspecified atom stereocenters. The van der Waals surface area contributed by atoms with Crippen LogP contribution in [-0.2, 0) is 19.8 Å². The van der Waals surface area contributed by atoms with E-state index in [0.29, 0.717) is 12.6 Å². The summed E-state index contributed by atoms with van der Waals surface area (Å²) in [6, 6.07) is 12.4. The maximum atomic E-state index is 9.00. The van der Waals surface area contributed by atoms with Gasteiger partial charge in [-0.05, 0) is 36.1 Å². The predicted octanol–water partition coefficient (Wildman–Crippen LogP) is 2.40. The van der Waals surface area contributed by atoms with Gasteiger partial charge >= 0.3 is 0 Å². The molecule has 0 saturated heterocycles. The van der Waals surface area contributed by atoms with Crippen LogP contribution >= 0.6 is 0 Å². The summed E-state index contributed by atoms with van der Waals surface area (Å²) in [5.41, 5.74) is 3.03. The molecule has 110 valence electrons. The van der Waals surface area contributed by atoms with Crippen LogP contribution in [0.2, 0.25) is 0 Å². The summed E-state index contributed by atoms with van der Waals surface area (Å²) in [7, 11) is 0. The maximum Gasteiger partial charge on any atom is 0.138 e. The van der Waals surface area contributed by atoms with E-state index in [0.717, 1.165) is 29.1 Å². The Labute approximate surface area is 124 Å². The lowest BCUT2D eigenvalue weighted by molar-refractivity contribution is 0.281. The van der Waals surface area contributed by atoms with Crippen LogP contribution in [0.5, 0.6) is 5.75 Å². The van der Waals surface area contributed by atoms with Gasteiger partial charge in [-0.3, -0.25) is 4.98 Å². The number of aliphatic hydroxyl groups is 1. The van der Waals surface area contributed by atoms with Crippen molar-refractivity contribution in [2.75, 3.05) is 0 Å². The Morgan fingerprint density at radius 1 is 1.10 bits per heavy atom. The minimum absolute atomic E-state index is 0.0708. The molecule has 1 aromatic heterocycles. The summed E-state index contributed by atoms with van der Waals surface area (Å²) in [6.45, 7) is 1.40. The van der Waals surface area contributed by atoms with E-state index in [1.54, 1.807) is 6.20 Å². The van der Waals surface area contributed by atoms with Crippen LogP contribution < -0.4 is 10.1 Å². The van der Waals surface area contributed by atoms with Crippen molar-refractivity contribution in [1.82, 2.24) is 10.3 Å². The largest absolute Gasteiger partial charge is 0.487 e. The number of pyridine rings is 1. The summed E-state index contributed by atoms with van der Waals surface area (Å²) in [6.07, 6.45) is 4.35. The SMILES string of the molecule is OCc1ccc(COc2ccc(CNC3CC3)nc2)cc1. The van der Waals surface area contributed by atoms with Crippen molar-refractivity contribution in [3.05, 3.63) is 59.4 Å². The Morgan fingerprint density at radius 2 is 1.86 bits per heavy atom. The molecule has 4 nitrogen and oxygen atoms in total. The molecule has 3 rings (SSSR count). The number of aliphatic hydroxyl groups excluding tert-OH is 1. The molecule has 4 heteroatoms. The third-order valence-electron chi connectivity index (χ3n) is 3.56. The van der Waals surface area contributed by atoms with Gasteiger partial charge in [-0.2, -0.15) is 0 Å². The van der Waals surface area contributed by atoms with Gasteiger partial charge in [0.2, 0.25) is 0 Å². The van der Waals surface area contributed by atoms with Crippen LogP contribution in [-0.4, -0.2) is 16.1 Å². The molecule has 21 heavy (non-hydrogen) atoms. The molecule has 1 aliphatic rings. The molecule has 0 spiro atoms. The second kappa shape index (κ2) is 6.70. The number of hydrogen-bond acceptors (Lipinski definition) is 4. The number of nitrogens with one attached hydrogen (secondary N) is 1. The lowest BCUT2D eigenvalue weighted by Crippen LogP contribution is -2.16. The zero-order valence-corrected chi connectivity index (χ0v) is 12.0. The van der Waals surface area contributed by atoms with Crippen molar-refractivity contribution >= 4 is 0 Å². The molecule has 2 N–H and O–H groups in total. The first kappa shape index (κ1) is 14.0. The third kappa shape index (κ3) is 4.28. The van der Waals surface area contributed by atoms with Gasteiger partial charge < -0.3 is 15.2 Å². The summed E-state index contributed by atoms with van der Waals surface area (Å²) < 4.78 is 5.71. The van der Waals surface area contributed by atoms with Gasteiger partial charge in [0.1, 0.15) is 12.4 Å². The van der Waals surface area contributed by atoms with Gasteiger partial charge in [-0.25, -0.2) is 0 Å². The Balaban J connectivity index is 1.49. The van der Waals surface area contributed by atoms with E-state index >= 15 is 0 Å². The minimum Gasteiger partial charge on any atom is -0.487 e. The highest BCUT2D eigenvalue weighted by Crippen LogP contribution is 2.19. The molecule has 2 aromatic rings. The molecule has 0 atom stereocenters. The van der Waals surface area contributed by atoms with E-state index in [9.17, 15) is 0 Å². The number of ether oxygens (including phenoxy) is 1. The second-order valence-electron chi connectivity index (χ2n) is 5.40. The number of aromatic nitrogens is 1. The van der Waals surface area contributed by atoms with E-state index in [1.807, 2.05) is 36.4 Å². The Kier molecular flexibility index (Phi) is 4.48. The fraction of sp³-hybridized carbons (Fsp3) is 0.353. The minimum atomic E-state index is 0.0708. The van der Waals surface area contributed by atoms with Crippen molar-refractivity contribution in [1.29, 1.82) is 0 Å². The van der Waals surface area contributed by atoms with Crippen molar-refractivity contribution < 1.29 is 9.84 Å². The standard InChI is InChI=1S/C17H20N2O2/c20-11-13-1-3-14(4-2-13)12-21-17-8-7-16(19-10-17)9-18-15-5-6-15/h1-4,7-8,10,15,18,20H,5-6,9,11-12H2. The molecule has 1 aromatic carbocycles. The average Bonchev–Trinajstić information content (AvgIpc) is 3.37. The van der Waals surface area contributed by atoms with Crippen LogP contribution in [0.3, 0.4) is 0 Å². The van der Waals surface area contributed by atoms with Gasteiger partial charge in [-0.15, -0.1) is 0 Å². The molecule has 1 aliphatic carbocycles. The molecule has 0 bridgehead atoms. The molecular formula is C17H20N2O2. The lowest BCUT2D eigenvalue weighted by atomic mass is 10.1.